The molecule has 8 nitrogen and oxygen atoms in total. The van der Waals surface area contributed by atoms with E-state index in [0.29, 0.717) is 17.5 Å². The molecule has 0 radical (unpaired) electrons. The van der Waals surface area contributed by atoms with Crippen molar-refractivity contribution in [2.75, 3.05) is 0 Å². The molecule has 0 atom stereocenters. The van der Waals surface area contributed by atoms with E-state index in [0.717, 1.165) is 28.1 Å². The Morgan fingerprint density at radius 2 is 0.472 bits per heavy atom. The number of benzene rings is 16. The quantitative estimate of drug-likeness (QED) is 0.136. The van der Waals surface area contributed by atoms with Crippen LogP contribution in [0, 0.1) is 69.2 Å². The van der Waals surface area contributed by atoms with E-state index in [1.54, 1.807) is 0 Å². The standard InChI is InChI=1S/C32H24N2.C32H25N.C23H19N3.C17H15N.C13H13N/c1-21-11-17-31-27(19-21)25-7-3-5-9-29(25)33(31)23-13-15-24(16-14-23)34-30-10-6-4-8-26(30)28-20-22(2)12-18-32(28)34;1-22-8-12-24(13-9-22)26-16-18-31-29(20-26)30-21-27(25-14-10-23(2)11-15-25)17-19-32(30)33(31)28-6-4-3-5-7-28;1-16-8-12-19(13-9-16)22-24-21(18-6-4-3-5-7-18)25-23(26-22)20-14-10-17(2)11-15-20;1-12-7-9-14(10-8-12)17-16-6-4-3-5-15(16)13(2)11-18-17;1-10-3-6-12(7-4-10)13-8-5-11(2)9-14-13/h3-20H,1-2H3;3-21H,1-2H3;3-15H,1-2H3;3-11H,1-2H3;3-9H,1-2H3. The molecule has 0 aliphatic rings. The van der Waals surface area contributed by atoms with Crippen LogP contribution in [0.1, 0.15) is 55.6 Å². The zero-order chi connectivity index (χ0) is 85.6. The second-order valence-corrected chi connectivity index (χ2v) is 32.8. The third-order valence-corrected chi connectivity index (χ3v) is 23.4. The summed E-state index contributed by atoms with van der Waals surface area (Å²) in [6, 6.07) is 138. The third kappa shape index (κ3) is 17.3. The Hall–Kier alpha value is -15.5. The van der Waals surface area contributed by atoms with Crippen molar-refractivity contribution in [1.82, 2.24) is 38.6 Å². The Bertz CT molecular complexity index is 7250. The predicted molar refractivity (Wildman–Crippen MR) is 527 cm³/mol. The Morgan fingerprint density at radius 3 is 0.880 bits per heavy atom. The van der Waals surface area contributed by atoms with Crippen molar-refractivity contribution in [3.8, 4) is 96.0 Å². The van der Waals surface area contributed by atoms with Crippen LogP contribution in [0.3, 0.4) is 0 Å². The van der Waals surface area contributed by atoms with Crippen molar-refractivity contribution in [2.45, 2.75) is 69.2 Å². The molecule has 6 heterocycles. The minimum Gasteiger partial charge on any atom is -0.309 e. The highest BCUT2D eigenvalue weighted by Gasteiger charge is 2.20. The van der Waals surface area contributed by atoms with Crippen LogP contribution >= 0.6 is 0 Å². The van der Waals surface area contributed by atoms with Gasteiger partial charge in [0.25, 0.3) is 0 Å². The van der Waals surface area contributed by atoms with Gasteiger partial charge in [-0.3, -0.25) is 9.97 Å². The summed E-state index contributed by atoms with van der Waals surface area (Å²) < 4.78 is 7.13. The van der Waals surface area contributed by atoms with Crippen LogP contribution in [-0.2, 0) is 0 Å². The number of aromatic nitrogens is 8. The minimum atomic E-state index is 0.687. The first-order chi connectivity index (χ1) is 61.1. The summed E-state index contributed by atoms with van der Waals surface area (Å²) in [7, 11) is 0. The average Bonchev–Trinajstić information content (AvgIpc) is 1.60. The topological polar surface area (TPSA) is 79.2 Å². The van der Waals surface area contributed by atoms with E-state index >= 15 is 0 Å². The summed E-state index contributed by atoms with van der Waals surface area (Å²) in [5.74, 6) is 2.07. The van der Waals surface area contributed by atoms with Crippen molar-refractivity contribution in [1.29, 1.82) is 0 Å². The average molecular weight is 1610 g/mol. The van der Waals surface area contributed by atoms with Crippen LogP contribution in [0.15, 0.2) is 401 Å². The van der Waals surface area contributed by atoms with Gasteiger partial charge in [-0.15, -0.1) is 0 Å². The first-order valence-corrected chi connectivity index (χ1v) is 42.8. The van der Waals surface area contributed by atoms with Crippen molar-refractivity contribution in [3.63, 3.8) is 0 Å². The van der Waals surface area contributed by atoms with Crippen LogP contribution in [0.4, 0.5) is 0 Å². The molecule has 16 aromatic carbocycles. The number of para-hydroxylation sites is 3. The number of aryl methyl sites for hydroxylation is 10. The summed E-state index contributed by atoms with van der Waals surface area (Å²) in [6.45, 7) is 21.1. The smallest absolute Gasteiger partial charge is 0.164 e. The number of pyridine rings is 2. The Labute approximate surface area is 731 Å². The summed E-state index contributed by atoms with van der Waals surface area (Å²) in [5, 5.41) is 10.3. The van der Waals surface area contributed by atoms with Crippen molar-refractivity contribution >= 4 is 76.2 Å². The molecule has 22 aromatic rings. The molecule has 0 saturated carbocycles. The fraction of sp³-hybridized carbons (Fsp3) is 0.0855. The lowest BCUT2D eigenvalue weighted by Crippen LogP contribution is -2.00. The highest BCUT2D eigenvalue weighted by molar-refractivity contribution is 6.13. The van der Waals surface area contributed by atoms with Crippen LogP contribution in [0.25, 0.3) is 172 Å². The van der Waals surface area contributed by atoms with Gasteiger partial charge in [0.15, 0.2) is 17.5 Å². The number of fused-ring (bicyclic) bond motifs is 10. The van der Waals surface area contributed by atoms with Gasteiger partial charge in [0.05, 0.1) is 44.5 Å². The van der Waals surface area contributed by atoms with Crippen LogP contribution in [-0.4, -0.2) is 38.6 Å². The number of rotatable bonds is 10. The van der Waals surface area contributed by atoms with E-state index in [9.17, 15) is 0 Å². The Kier molecular flexibility index (Phi) is 23.0. The zero-order valence-corrected chi connectivity index (χ0v) is 72.2. The second kappa shape index (κ2) is 35.7. The summed E-state index contributed by atoms with van der Waals surface area (Å²) >= 11 is 0. The molecule has 0 aliphatic heterocycles. The second-order valence-electron chi connectivity index (χ2n) is 32.8. The highest BCUT2D eigenvalue weighted by Crippen LogP contribution is 2.40. The van der Waals surface area contributed by atoms with Crippen LogP contribution < -0.4 is 0 Å². The minimum absolute atomic E-state index is 0.687. The molecule has 6 aromatic heterocycles. The van der Waals surface area contributed by atoms with Gasteiger partial charge in [0.1, 0.15) is 0 Å². The highest BCUT2D eigenvalue weighted by atomic mass is 15.0. The van der Waals surface area contributed by atoms with Crippen LogP contribution in [0.2, 0.25) is 0 Å². The van der Waals surface area contributed by atoms with Crippen molar-refractivity contribution in [3.05, 3.63) is 456 Å². The molecule has 0 unspecified atom stereocenters. The SMILES string of the molecule is Cc1ccc(-c2ccc(C)cn2)cc1.Cc1ccc(-c2ccc3c(c2)c2cc(-c4ccc(C)cc4)ccc2n3-c2ccccc2)cc1.Cc1ccc(-c2nc(-c3ccccc3)nc(-c3ccc(C)cc3)n2)cc1.Cc1ccc(-c2ncc(C)c3ccccc23)cc1.Cc1ccc2c(c1)c1ccccc1n2-c1ccc(-n2c3ccccc3c3cc(C)ccc32)cc1. The maximum absolute atomic E-state index is 4.74. The van der Waals surface area contributed by atoms with E-state index in [-0.39, 0.29) is 0 Å². The number of nitrogens with zero attached hydrogens (tertiary/aromatic N) is 8. The predicted octanol–water partition coefficient (Wildman–Crippen LogP) is 30.6. The summed E-state index contributed by atoms with van der Waals surface area (Å²) in [6.07, 6.45) is 3.85. The maximum atomic E-state index is 4.74. The van der Waals surface area contributed by atoms with Gasteiger partial charge in [-0.1, -0.05) is 330 Å². The van der Waals surface area contributed by atoms with E-state index < -0.39 is 0 Å². The van der Waals surface area contributed by atoms with E-state index in [2.05, 4.69) is 444 Å². The van der Waals surface area contributed by atoms with Crippen molar-refractivity contribution in [2.24, 2.45) is 0 Å². The molecule has 22 rings (SSSR count). The monoisotopic (exact) mass is 1610 g/mol. The molecule has 0 aliphatic carbocycles. The molecular weight excluding hydrogens is 1520 g/mol. The largest absolute Gasteiger partial charge is 0.309 e. The van der Waals surface area contributed by atoms with Gasteiger partial charge in [0.2, 0.25) is 0 Å². The molecule has 125 heavy (non-hydrogen) atoms. The lowest BCUT2D eigenvalue weighted by molar-refractivity contribution is 1.07. The number of hydrogen-bond acceptors (Lipinski definition) is 5. The van der Waals surface area contributed by atoms with Gasteiger partial charge in [-0.05, 0) is 211 Å². The zero-order valence-electron chi connectivity index (χ0n) is 72.2. The molecule has 0 amide bonds. The fourth-order valence-electron chi connectivity index (χ4n) is 16.6. The molecular formula is C117H96N8. The number of hydrogen-bond donors (Lipinski definition) is 0. The molecule has 0 N–H and O–H groups in total. The summed E-state index contributed by atoms with van der Waals surface area (Å²) in [4.78, 5) is 23.2. The fourth-order valence-corrected chi connectivity index (χ4v) is 16.6. The Morgan fingerprint density at radius 1 is 0.176 bits per heavy atom. The van der Waals surface area contributed by atoms with E-state index in [4.69, 9.17) is 15.0 Å². The van der Waals surface area contributed by atoms with Crippen LogP contribution in [0.5, 0.6) is 0 Å². The van der Waals surface area contributed by atoms with Gasteiger partial charge in [0, 0.05) is 95.0 Å². The lowest BCUT2D eigenvalue weighted by atomic mass is 9.99. The van der Waals surface area contributed by atoms with E-state index in [1.165, 1.54) is 182 Å². The van der Waals surface area contributed by atoms with Gasteiger partial charge in [-0.2, -0.15) is 0 Å². The third-order valence-electron chi connectivity index (χ3n) is 23.4. The lowest BCUT2D eigenvalue weighted by Gasteiger charge is -2.12. The molecule has 0 bridgehead atoms. The molecule has 8 heteroatoms. The molecule has 0 fully saturated rings. The first-order valence-electron chi connectivity index (χ1n) is 42.8. The normalized spacial score (nSPS) is 11.1. The maximum Gasteiger partial charge on any atom is 0.164 e. The Balaban J connectivity index is 0.000000110. The first kappa shape index (κ1) is 80.5. The molecule has 0 saturated heterocycles. The molecule has 0 spiro atoms. The van der Waals surface area contributed by atoms with Gasteiger partial charge >= 0.3 is 0 Å². The van der Waals surface area contributed by atoms with Crippen molar-refractivity contribution < 1.29 is 0 Å². The van der Waals surface area contributed by atoms with E-state index in [1.807, 2.05) is 49.6 Å². The summed E-state index contributed by atoms with van der Waals surface area (Å²) in [5.41, 5.74) is 35.9. The molecule has 604 valence electrons. The van der Waals surface area contributed by atoms with Gasteiger partial charge < -0.3 is 13.7 Å². The van der Waals surface area contributed by atoms with Gasteiger partial charge in [-0.25, -0.2) is 15.0 Å².